The summed E-state index contributed by atoms with van der Waals surface area (Å²) < 4.78 is 5.16. The monoisotopic (exact) mass is 334 g/mol. The fraction of sp³-hybridized carbons (Fsp3) is 0.188. The SMILES string of the molecule is Cc1ccccc1NC(=O)CNCc1ccco1.O=C(O)C(=O)O. The molecule has 0 aliphatic rings. The highest BCUT2D eigenvalue weighted by atomic mass is 16.4. The van der Waals surface area contributed by atoms with Gasteiger partial charge < -0.3 is 25.3 Å². The van der Waals surface area contributed by atoms with E-state index in [1.165, 1.54) is 0 Å². The smallest absolute Gasteiger partial charge is 0.414 e. The quantitative estimate of drug-likeness (QED) is 0.609. The summed E-state index contributed by atoms with van der Waals surface area (Å²) in [6.45, 7) is 2.77. The van der Waals surface area contributed by atoms with E-state index in [-0.39, 0.29) is 12.5 Å². The number of hydrogen-bond donors (Lipinski definition) is 4. The zero-order valence-electron chi connectivity index (χ0n) is 13.0. The minimum absolute atomic E-state index is 0.0594. The highest BCUT2D eigenvalue weighted by Crippen LogP contribution is 2.12. The topological polar surface area (TPSA) is 129 Å². The van der Waals surface area contributed by atoms with Gasteiger partial charge in [0.2, 0.25) is 5.91 Å². The number of carboxylic acids is 2. The van der Waals surface area contributed by atoms with Gasteiger partial charge in [-0.25, -0.2) is 9.59 Å². The van der Waals surface area contributed by atoms with Crippen LogP contribution in [0.2, 0.25) is 0 Å². The standard InChI is InChI=1S/C14H16N2O2.C2H2O4/c1-11-5-2-3-7-13(11)16-14(17)10-15-9-12-6-4-8-18-12;3-1(4)2(5)6/h2-8,15H,9-10H2,1H3,(H,16,17);(H,3,4)(H,5,6). The molecule has 8 heteroatoms. The minimum Gasteiger partial charge on any atom is -0.473 e. The van der Waals surface area contributed by atoms with Crippen molar-refractivity contribution in [3.63, 3.8) is 0 Å². The molecule has 0 fully saturated rings. The second-order valence-corrected chi connectivity index (χ2v) is 4.66. The van der Waals surface area contributed by atoms with E-state index in [2.05, 4.69) is 10.6 Å². The highest BCUT2D eigenvalue weighted by Gasteiger charge is 2.04. The van der Waals surface area contributed by atoms with Crippen molar-refractivity contribution in [3.05, 3.63) is 54.0 Å². The fourth-order valence-corrected chi connectivity index (χ4v) is 1.62. The normalized spacial score (nSPS) is 9.54. The van der Waals surface area contributed by atoms with Crippen LogP contribution in [-0.2, 0) is 20.9 Å². The number of carboxylic acid groups (broad SMARTS) is 2. The lowest BCUT2D eigenvalue weighted by atomic mass is 10.2. The Hall–Kier alpha value is -3.13. The van der Waals surface area contributed by atoms with Crippen molar-refractivity contribution < 1.29 is 29.0 Å². The Bertz CT molecular complexity index is 670. The Labute approximate surface area is 138 Å². The van der Waals surface area contributed by atoms with Crippen LogP contribution in [0.1, 0.15) is 11.3 Å². The van der Waals surface area contributed by atoms with Crippen LogP contribution >= 0.6 is 0 Å². The van der Waals surface area contributed by atoms with Crippen molar-refractivity contribution in [2.24, 2.45) is 0 Å². The lowest BCUT2D eigenvalue weighted by Gasteiger charge is -2.08. The first-order valence-electron chi connectivity index (χ1n) is 6.95. The van der Waals surface area contributed by atoms with E-state index in [9.17, 15) is 4.79 Å². The number of carbonyl (C=O) groups excluding carboxylic acids is 1. The van der Waals surface area contributed by atoms with Crippen LogP contribution in [0.4, 0.5) is 5.69 Å². The van der Waals surface area contributed by atoms with Crippen molar-refractivity contribution in [2.75, 3.05) is 11.9 Å². The predicted octanol–water partition coefficient (Wildman–Crippen LogP) is 1.47. The Morgan fingerprint density at radius 3 is 2.25 bits per heavy atom. The maximum absolute atomic E-state index is 11.7. The molecule has 0 bridgehead atoms. The molecule has 128 valence electrons. The molecule has 2 rings (SSSR count). The number of amides is 1. The Balaban J connectivity index is 0.000000413. The molecular weight excluding hydrogens is 316 g/mol. The van der Waals surface area contributed by atoms with Crippen molar-refractivity contribution in [3.8, 4) is 0 Å². The minimum atomic E-state index is -1.82. The predicted molar refractivity (Wildman–Crippen MR) is 85.5 cm³/mol. The molecule has 24 heavy (non-hydrogen) atoms. The largest absolute Gasteiger partial charge is 0.473 e. The van der Waals surface area contributed by atoms with Gasteiger partial charge in [-0.3, -0.25) is 4.79 Å². The number of aliphatic carboxylic acids is 2. The highest BCUT2D eigenvalue weighted by molar-refractivity contribution is 6.27. The summed E-state index contributed by atoms with van der Waals surface area (Å²) >= 11 is 0. The number of nitrogens with one attached hydrogen (secondary N) is 2. The van der Waals surface area contributed by atoms with Crippen LogP contribution in [0.15, 0.2) is 47.1 Å². The van der Waals surface area contributed by atoms with Gasteiger partial charge in [-0.1, -0.05) is 18.2 Å². The molecule has 1 aromatic heterocycles. The van der Waals surface area contributed by atoms with E-state index in [4.69, 9.17) is 24.2 Å². The third-order valence-electron chi connectivity index (χ3n) is 2.77. The van der Waals surface area contributed by atoms with Crippen LogP contribution in [0.5, 0.6) is 0 Å². The van der Waals surface area contributed by atoms with E-state index in [1.807, 2.05) is 43.3 Å². The van der Waals surface area contributed by atoms with Gasteiger partial charge in [0.05, 0.1) is 19.4 Å². The molecule has 0 aliphatic carbocycles. The third kappa shape index (κ3) is 7.23. The summed E-state index contributed by atoms with van der Waals surface area (Å²) in [7, 11) is 0. The van der Waals surface area contributed by atoms with Gasteiger partial charge in [-0.2, -0.15) is 0 Å². The average molecular weight is 334 g/mol. The summed E-state index contributed by atoms with van der Waals surface area (Å²) in [5.41, 5.74) is 1.90. The third-order valence-corrected chi connectivity index (χ3v) is 2.77. The van der Waals surface area contributed by atoms with E-state index >= 15 is 0 Å². The van der Waals surface area contributed by atoms with Crippen LogP contribution in [0.25, 0.3) is 0 Å². The number of anilines is 1. The first kappa shape index (κ1) is 18.9. The van der Waals surface area contributed by atoms with Crippen molar-refractivity contribution in [2.45, 2.75) is 13.5 Å². The van der Waals surface area contributed by atoms with Crippen molar-refractivity contribution >= 4 is 23.5 Å². The second kappa shape index (κ2) is 9.80. The van der Waals surface area contributed by atoms with Gasteiger partial charge in [-0.05, 0) is 30.7 Å². The number of rotatable bonds is 5. The molecule has 4 N–H and O–H groups in total. The second-order valence-electron chi connectivity index (χ2n) is 4.66. The van der Waals surface area contributed by atoms with Crippen LogP contribution < -0.4 is 10.6 Å². The molecule has 1 amide bonds. The molecule has 0 saturated heterocycles. The zero-order chi connectivity index (χ0) is 17.9. The Morgan fingerprint density at radius 2 is 1.71 bits per heavy atom. The van der Waals surface area contributed by atoms with Crippen molar-refractivity contribution in [1.29, 1.82) is 0 Å². The number of aryl methyl sites for hydroxylation is 1. The first-order chi connectivity index (χ1) is 11.4. The van der Waals surface area contributed by atoms with Crippen molar-refractivity contribution in [1.82, 2.24) is 5.32 Å². The van der Waals surface area contributed by atoms with Crippen LogP contribution in [-0.4, -0.2) is 34.6 Å². The fourth-order valence-electron chi connectivity index (χ4n) is 1.62. The molecule has 1 heterocycles. The Morgan fingerprint density at radius 1 is 1.04 bits per heavy atom. The average Bonchev–Trinajstić information content (AvgIpc) is 3.03. The summed E-state index contributed by atoms with van der Waals surface area (Å²) in [4.78, 5) is 29.9. The summed E-state index contributed by atoms with van der Waals surface area (Å²) in [5.74, 6) is -2.89. The first-order valence-corrected chi connectivity index (χ1v) is 6.95. The van der Waals surface area contributed by atoms with E-state index in [0.717, 1.165) is 17.0 Å². The summed E-state index contributed by atoms with van der Waals surface area (Å²) in [5, 5.41) is 20.7. The molecule has 0 radical (unpaired) electrons. The molecule has 8 nitrogen and oxygen atoms in total. The molecule has 2 aromatic rings. The van der Waals surface area contributed by atoms with Gasteiger partial charge in [0, 0.05) is 5.69 Å². The molecule has 0 atom stereocenters. The van der Waals surface area contributed by atoms with E-state index in [0.29, 0.717) is 6.54 Å². The maximum Gasteiger partial charge on any atom is 0.414 e. The van der Waals surface area contributed by atoms with Gasteiger partial charge in [0.1, 0.15) is 5.76 Å². The lowest BCUT2D eigenvalue weighted by molar-refractivity contribution is -0.159. The summed E-state index contributed by atoms with van der Waals surface area (Å²) in [6, 6.07) is 11.4. The van der Waals surface area contributed by atoms with Gasteiger partial charge >= 0.3 is 11.9 Å². The lowest BCUT2D eigenvalue weighted by Crippen LogP contribution is -2.27. The molecular formula is C16H18N2O6. The summed E-state index contributed by atoms with van der Waals surface area (Å²) in [6.07, 6.45) is 1.62. The van der Waals surface area contributed by atoms with E-state index in [1.54, 1.807) is 6.26 Å². The number of furan rings is 1. The van der Waals surface area contributed by atoms with Gasteiger partial charge in [-0.15, -0.1) is 0 Å². The van der Waals surface area contributed by atoms with Gasteiger partial charge in [0.15, 0.2) is 0 Å². The van der Waals surface area contributed by atoms with E-state index < -0.39 is 11.9 Å². The van der Waals surface area contributed by atoms with Crippen LogP contribution in [0.3, 0.4) is 0 Å². The number of para-hydroxylation sites is 1. The van der Waals surface area contributed by atoms with Crippen LogP contribution in [0, 0.1) is 6.92 Å². The van der Waals surface area contributed by atoms with Gasteiger partial charge in [0.25, 0.3) is 0 Å². The number of hydrogen-bond acceptors (Lipinski definition) is 5. The maximum atomic E-state index is 11.7. The zero-order valence-corrected chi connectivity index (χ0v) is 13.0. The molecule has 0 saturated carbocycles. The molecule has 1 aromatic carbocycles. The molecule has 0 aliphatic heterocycles. The molecule has 0 spiro atoms. The Kier molecular flexibility index (Phi) is 7.72. The number of carbonyl (C=O) groups is 3. The number of benzene rings is 1. The molecule has 0 unspecified atom stereocenters.